The van der Waals surface area contributed by atoms with E-state index in [1.165, 1.54) is 6.26 Å². The highest BCUT2D eigenvalue weighted by Crippen LogP contribution is 2.20. The summed E-state index contributed by atoms with van der Waals surface area (Å²) >= 11 is 5.77. The van der Waals surface area contributed by atoms with E-state index >= 15 is 0 Å². The molecule has 4 heteroatoms. The maximum absolute atomic E-state index is 11.9. The summed E-state index contributed by atoms with van der Waals surface area (Å²) in [6.45, 7) is 3.41. The third kappa shape index (κ3) is 2.17. The lowest BCUT2D eigenvalue weighted by Gasteiger charge is -2.14. The average molecular weight is 228 g/mol. The summed E-state index contributed by atoms with van der Waals surface area (Å²) in [6.07, 6.45) is 2.53. The standard InChI is InChI=1S/C11H14ClNO2/c1-8-4-10(7-15-8)11(14)13-3-2-9(5-12)6-13/h4,7,9H,2-3,5-6H2,1H3. The van der Waals surface area contributed by atoms with Gasteiger partial charge in [-0.2, -0.15) is 0 Å². The molecule has 0 spiro atoms. The van der Waals surface area contributed by atoms with E-state index < -0.39 is 0 Å². The number of nitrogens with zero attached hydrogens (tertiary/aromatic N) is 1. The van der Waals surface area contributed by atoms with E-state index in [0.717, 1.165) is 25.3 Å². The van der Waals surface area contributed by atoms with Gasteiger partial charge in [0.15, 0.2) is 0 Å². The van der Waals surface area contributed by atoms with E-state index in [4.69, 9.17) is 16.0 Å². The minimum Gasteiger partial charge on any atom is -0.469 e. The van der Waals surface area contributed by atoms with Gasteiger partial charge in [-0.3, -0.25) is 4.79 Å². The van der Waals surface area contributed by atoms with Crippen molar-refractivity contribution >= 4 is 17.5 Å². The molecule has 0 radical (unpaired) electrons. The fourth-order valence-corrected chi connectivity index (χ4v) is 2.13. The topological polar surface area (TPSA) is 33.5 Å². The molecule has 1 aliphatic heterocycles. The molecule has 0 N–H and O–H groups in total. The zero-order valence-corrected chi connectivity index (χ0v) is 9.46. The van der Waals surface area contributed by atoms with Crippen LogP contribution in [0.3, 0.4) is 0 Å². The second-order valence-electron chi connectivity index (χ2n) is 4.01. The highest BCUT2D eigenvalue weighted by molar-refractivity contribution is 6.18. The van der Waals surface area contributed by atoms with Crippen molar-refractivity contribution in [1.82, 2.24) is 4.90 Å². The Labute approximate surface area is 94.0 Å². The molecular weight excluding hydrogens is 214 g/mol. The SMILES string of the molecule is Cc1cc(C(=O)N2CCC(CCl)C2)co1. The summed E-state index contributed by atoms with van der Waals surface area (Å²) < 4.78 is 5.12. The minimum absolute atomic E-state index is 0.0551. The van der Waals surface area contributed by atoms with Crippen LogP contribution in [0.25, 0.3) is 0 Å². The van der Waals surface area contributed by atoms with Crippen molar-refractivity contribution < 1.29 is 9.21 Å². The van der Waals surface area contributed by atoms with Crippen molar-refractivity contribution in [3.8, 4) is 0 Å². The molecule has 1 aromatic heterocycles. The van der Waals surface area contributed by atoms with Crippen LogP contribution in [0.2, 0.25) is 0 Å². The number of halogens is 1. The largest absolute Gasteiger partial charge is 0.469 e. The van der Waals surface area contributed by atoms with E-state index in [9.17, 15) is 4.79 Å². The van der Waals surface area contributed by atoms with Crippen molar-refractivity contribution in [2.45, 2.75) is 13.3 Å². The lowest BCUT2D eigenvalue weighted by molar-refractivity contribution is 0.0787. The molecule has 15 heavy (non-hydrogen) atoms. The summed E-state index contributed by atoms with van der Waals surface area (Å²) in [6, 6.07) is 1.77. The van der Waals surface area contributed by atoms with Gasteiger partial charge in [-0.1, -0.05) is 0 Å². The van der Waals surface area contributed by atoms with Crippen LogP contribution in [0, 0.1) is 12.8 Å². The van der Waals surface area contributed by atoms with E-state index in [1.807, 2.05) is 11.8 Å². The predicted octanol–water partition coefficient (Wildman–Crippen LogP) is 2.29. The van der Waals surface area contributed by atoms with E-state index in [1.54, 1.807) is 6.07 Å². The first-order chi connectivity index (χ1) is 7.20. The van der Waals surface area contributed by atoms with Crippen LogP contribution in [-0.4, -0.2) is 29.8 Å². The van der Waals surface area contributed by atoms with Crippen molar-refractivity contribution in [2.75, 3.05) is 19.0 Å². The number of hydrogen-bond acceptors (Lipinski definition) is 2. The fourth-order valence-electron chi connectivity index (χ4n) is 1.88. The summed E-state index contributed by atoms with van der Waals surface area (Å²) in [5, 5.41) is 0. The van der Waals surface area contributed by atoms with Crippen LogP contribution in [0.1, 0.15) is 22.5 Å². The predicted molar refractivity (Wildman–Crippen MR) is 58.2 cm³/mol. The first-order valence-corrected chi connectivity index (χ1v) is 5.64. The summed E-state index contributed by atoms with van der Waals surface area (Å²) in [5.74, 6) is 1.91. The van der Waals surface area contributed by atoms with Crippen molar-refractivity contribution in [3.63, 3.8) is 0 Å². The quantitative estimate of drug-likeness (QED) is 0.727. The van der Waals surface area contributed by atoms with Crippen LogP contribution in [0.5, 0.6) is 0 Å². The Kier molecular flexibility index (Phi) is 3.00. The second-order valence-corrected chi connectivity index (χ2v) is 4.31. The molecule has 1 saturated heterocycles. The van der Waals surface area contributed by atoms with Gasteiger partial charge in [0, 0.05) is 19.0 Å². The monoisotopic (exact) mass is 227 g/mol. The Morgan fingerprint density at radius 2 is 2.53 bits per heavy atom. The number of furan rings is 1. The molecule has 1 fully saturated rings. The zero-order valence-electron chi connectivity index (χ0n) is 8.70. The summed E-state index contributed by atoms with van der Waals surface area (Å²) in [7, 11) is 0. The average Bonchev–Trinajstić information content (AvgIpc) is 2.84. The number of alkyl halides is 1. The number of hydrogen-bond donors (Lipinski definition) is 0. The molecule has 0 saturated carbocycles. The summed E-state index contributed by atoms with van der Waals surface area (Å²) in [5.41, 5.74) is 0.641. The molecule has 3 nitrogen and oxygen atoms in total. The van der Waals surface area contributed by atoms with Gasteiger partial charge >= 0.3 is 0 Å². The van der Waals surface area contributed by atoms with Gasteiger partial charge in [0.2, 0.25) is 0 Å². The maximum Gasteiger partial charge on any atom is 0.257 e. The maximum atomic E-state index is 11.9. The molecule has 1 aliphatic rings. The third-order valence-corrected chi connectivity index (χ3v) is 3.21. The van der Waals surface area contributed by atoms with Gasteiger partial charge in [0.05, 0.1) is 5.56 Å². The number of carbonyl (C=O) groups excluding carboxylic acids is 1. The van der Waals surface area contributed by atoms with Crippen LogP contribution >= 0.6 is 11.6 Å². The first kappa shape index (κ1) is 10.6. The van der Waals surface area contributed by atoms with Gasteiger partial charge in [0.25, 0.3) is 5.91 Å². The van der Waals surface area contributed by atoms with Gasteiger partial charge in [-0.25, -0.2) is 0 Å². The van der Waals surface area contributed by atoms with Crippen LogP contribution in [0.15, 0.2) is 16.7 Å². The normalized spacial score (nSPS) is 20.9. The van der Waals surface area contributed by atoms with Crippen LogP contribution < -0.4 is 0 Å². The number of rotatable bonds is 2. The minimum atomic E-state index is 0.0551. The Hall–Kier alpha value is -0.960. The number of likely N-dealkylation sites (tertiary alicyclic amines) is 1. The summed E-state index contributed by atoms with van der Waals surface area (Å²) in [4.78, 5) is 13.8. The Morgan fingerprint density at radius 1 is 1.73 bits per heavy atom. The van der Waals surface area contributed by atoms with Crippen LogP contribution in [0.4, 0.5) is 0 Å². The van der Waals surface area contributed by atoms with Gasteiger partial charge in [-0.05, 0) is 25.3 Å². The van der Waals surface area contributed by atoms with Crippen LogP contribution in [-0.2, 0) is 0 Å². The fraction of sp³-hybridized carbons (Fsp3) is 0.545. The molecule has 1 amide bonds. The van der Waals surface area contributed by atoms with Gasteiger partial charge in [-0.15, -0.1) is 11.6 Å². The molecule has 82 valence electrons. The highest BCUT2D eigenvalue weighted by Gasteiger charge is 2.26. The molecular formula is C11H14ClNO2. The van der Waals surface area contributed by atoms with Crippen molar-refractivity contribution in [3.05, 3.63) is 23.7 Å². The van der Waals surface area contributed by atoms with E-state index in [2.05, 4.69) is 0 Å². The molecule has 1 aromatic rings. The van der Waals surface area contributed by atoms with Gasteiger partial charge in [0.1, 0.15) is 12.0 Å². The van der Waals surface area contributed by atoms with Gasteiger partial charge < -0.3 is 9.32 Å². The van der Waals surface area contributed by atoms with Crippen molar-refractivity contribution in [1.29, 1.82) is 0 Å². The first-order valence-electron chi connectivity index (χ1n) is 5.11. The van der Waals surface area contributed by atoms with E-state index in [0.29, 0.717) is 17.4 Å². The zero-order chi connectivity index (χ0) is 10.8. The Bertz CT molecular complexity index is 361. The smallest absolute Gasteiger partial charge is 0.257 e. The molecule has 2 heterocycles. The van der Waals surface area contributed by atoms with Crippen molar-refractivity contribution in [2.24, 2.45) is 5.92 Å². The molecule has 2 rings (SSSR count). The Balaban J connectivity index is 2.03. The molecule has 1 unspecified atom stereocenters. The molecule has 0 aliphatic carbocycles. The highest BCUT2D eigenvalue weighted by atomic mass is 35.5. The second kappa shape index (κ2) is 4.27. The third-order valence-electron chi connectivity index (χ3n) is 2.77. The number of carbonyl (C=O) groups is 1. The van der Waals surface area contributed by atoms with E-state index in [-0.39, 0.29) is 5.91 Å². The Morgan fingerprint density at radius 3 is 3.07 bits per heavy atom. The molecule has 0 bridgehead atoms. The lowest BCUT2D eigenvalue weighted by Crippen LogP contribution is -2.28. The number of amides is 1. The number of aryl methyl sites for hydroxylation is 1. The lowest BCUT2D eigenvalue weighted by atomic mass is 10.2. The molecule has 1 atom stereocenters. The molecule has 0 aromatic carbocycles.